The van der Waals surface area contributed by atoms with Crippen LogP contribution < -0.4 is 0 Å². The third-order valence-corrected chi connectivity index (χ3v) is 13.3. The van der Waals surface area contributed by atoms with Crippen LogP contribution in [0.15, 0.2) is 97.2 Å². The Morgan fingerprint density at radius 2 is 0.527 bits per heavy atom. The van der Waals surface area contributed by atoms with E-state index in [1.54, 1.807) is 0 Å². The summed E-state index contributed by atoms with van der Waals surface area (Å²) in [5.41, 5.74) is 0. The largest absolute Gasteiger partial charge is 0.462 e. The third kappa shape index (κ3) is 59.2. The molecule has 0 spiro atoms. The number of esters is 3. The van der Waals surface area contributed by atoms with Gasteiger partial charge in [0.05, 0.1) is 0 Å². The molecule has 6 nitrogen and oxygen atoms in total. The number of allylic oxidation sites excluding steroid dienone is 16. The molecule has 0 bridgehead atoms. The Bertz CT molecular complexity index is 1460. The highest BCUT2D eigenvalue weighted by molar-refractivity contribution is 5.71. The third-order valence-electron chi connectivity index (χ3n) is 13.3. The van der Waals surface area contributed by atoms with E-state index in [0.717, 1.165) is 128 Å². The van der Waals surface area contributed by atoms with E-state index in [4.69, 9.17) is 14.2 Å². The summed E-state index contributed by atoms with van der Waals surface area (Å²) in [6.45, 7) is 6.43. The first-order valence-corrected chi connectivity index (χ1v) is 31.2. The van der Waals surface area contributed by atoms with Crippen LogP contribution in [0, 0.1) is 0 Å². The van der Waals surface area contributed by atoms with Crippen molar-refractivity contribution in [2.75, 3.05) is 13.2 Å². The zero-order chi connectivity index (χ0) is 53.6. The maximum atomic E-state index is 12.8. The van der Waals surface area contributed by atoms with Crippen molar-refractivity contribution in [3.63, 3.8) is 0 Å². The standard InChI is InChI=1S/C68H116O6/c1-4-7-10-13-15-17-19-21-23-25-26-27-28-29-30-31-32-33-34-35-36-37-38-39-40-41-42-43-45-46-48-50-52-55-58-61-67(70)73-64-65(63-72-66(69)60-57-54-12-9-6-3)74-68(71)62-59-56-53-51-49-47-44-24-22-20-18-16-14-11-8-5-2/h7,10,15,17-18,20-21,23-24,26-27,29-30,32-33,44,65H,4-6,8-9,11-14,16,19,22,25,28,31,34-43,45-64H2,1-3H3/b10-7-,17-15-,20-18-,23-21-,27-26-,30-29-,33-32-,44-24-. The van der Waals surface area contributed by atoms with Gasteiger partial charge in [0.25, 0.3) is 0 Å². The summed E-state index contributed by atoms with van der Waals surface area (Å²) in [4.78, 5) is 37.8. The number of hydrogen-bond donors (Lipinski definition) is 0. The smallest absolute Gasteiger partial charge is 0.306 e. The van der Waals surface area contributed by atoms with Gasteiger partial charge in [-0.25, -0.2) is 0 Å². The molecule has 0 aromatic heterocycles. The van der Waals surface area contributed by atoms with Crippen LogP contribution in [0.3, 0.4) is 0 Å². The summed E-state index contributed by atoms with van der Waals surface area (Å²) in [5, 5.41) is 0. The number of ether oxygens (including phenoxy) is 3. The monoisotopic (exact) mass is 1030 g/mol. The molecule has 0 saturated heterocycles. The van der Waals surface area contributed by atoms with Crippen molar-refractivity contribution in [3.8, 4) is 0 Å². The SMILES string of the molecule is CC/C=C\C/C=C\C/C=C\C/C=C\C/C=C\C/C=C\CCCCCCCCCCCCCCCCCCC(=O)OCC(COC(=O)CCCCCCC)OC(=O)CCCCCCC/C=C\C/C=C\CCCCCC. The number of carbonyl (C=O) groups excluding carboxylic acids is 3. The summed E-state index contributed by atoms with van der Waals surface area (Å²) in [6.07, 6.45) is 83.3. The van der Waals surface area contributed by atoms with Crippen LogP contribution in [0.5, 0.6) is 0 Å². The van der Waals surface area contributed by atoms with Crippen molar-refractivity contribution >= 4 is 17.9 Å². The lowest BCUT2D eigenvalue weighted by Crippen LogP contribution is -2.30. The Kier molecular flexibility index (Phi) is 58.8. The maximum absolute atomic E-state index is 12.8. The van der Waals surface area contributed by atoms with E-state index < -0.39 is 6.10 Å². The van der Waals surface area contributed by atoms with Crippen LogP contribution in [0.4, 0.5) is 0 Å². The van der Waals surface area contributed by atoms with Crippen molar-refractivity contribution in [2.45, 2.75) is 303 Å². The topological polar surface area (TPSA) is 78.9 Å². The van der Waals surface area contributed by atoms with Crippen LogP contribution in [-0.2, 0) is 28.6 Å². The second kappa shape index (κ2) is 61.9. The quantitative estimate of drug-likeness (QED) is 0.0261. The molecule has 1 atom stereocenters. The minimum Gasteiger partial charge on any atom is -0.462 e. The van der Waals surface area contributed by atoms with Crippen LogP contribution in [-0.4, -0.2) is 37.2 Å². The zero-order valence-electron chi connectivity index (χ0n) is 48.6. The molecule has 74 heavy (non-hydrogen) atoms. The van der Waals surface area contributed by atoms with Crippen LogP contribution in [0.2, 0.25) is 0 Å². The molecule has 0 N–H and O–H groups in total. The minimum atomic E-state index is -0.779. The first-order valence-electron chi connectivity index (χ1n) is 31.2. The molecule has 0 aliphatic heterocycles. The highest BCUT2D eigenvalue weighted by Crippen LogP contribution is 2.16. The molecule has 0 aromatic rings. The number of carbonyl (C=O) groups is 3. The molecule has 6 heteroatoms. The average molecular weight is 1030 g/mol. The summed E-state index contributed by atoms with van der Waals surface area (Å²) in [6, 6.07) is 0. The fourth-order valence-corrected chi connectivity index (χ4v) is 8.65. The molecule has 0 amide bonds. The number of hydrogen-bond acceptors (Lipinski definition) is 6. The zero-order valence-corrected chi connectivity index (χ0v) is 48.6. The van der Waals surface area contributed by atoms with Gasteiger partial charge in [0.1, 0.15) is 13.2 Å². The Hall–Kier alpha value is -3.67. The van der Waals surface area contributed by atoms with Gasteiger partial charge in [-0.3, -0.25) is 14.4 Å². The molecule has 0 rings (SSSR count). The van der Waals surface area contributed by atoms with Gasteiger partial charge in [-0.2, -0.15) is 0 Å². The van der Waals surface area contributed by atoms with E-state index in [1.807, 2.05) is 0 Å². The van der Waals surface area contributed by atoms with Gasteiger partial charge in [0.15, 0.2) is 6.10 Å². The summed E-state index contributed by atoms with van der Waals surface area (Å²) in [7, 11) is 0. The number of unbranched alkanes of at least 4 members (excludes halogenated alkanes) is 29. The Balaban J connectivity index is 3.96. The van der Waals surface area contributed by atoms with Crippen LogP contribution >= 0.6 is 0 Å². The van der Waals surface area contributed by atoms with Crippen molar-refractivity contribution in [2.24, 2.45) is 0 Å². The highest BCUT2D eigenvalue weighted by Gasteiger charge is 2.19. The van der Waals surface area contributed by atoms with Crippen molar-refractivity contribution in [3.05, 3.63) is 97.2 Å². The normalized spacial score (nSPS) is 12.7. The first kappa shape index (κ1) is 70.3. The maximum Gasteiger partial charge on any atom is 0.306 e. The lowest BCUT2D eigenvalue weighted by molar-refractivity contribution is -0.167. The number of rotatable bonds is 56. The van der Waals surface area contributed by atoms with Gasteiger partial charge < -0.3 is 14.2 Å². The van der Waals surface area contributed by atoms with Crippen LogP contribution in [0.25, 0.3) is 0 Å². The Morgan fingerprint density at radius 1 is 0.284 bits per heavy atom. The second-order valence-corrected chi connectivity index (χ2v) is 20.6. The predicted octanol–water partition coefficient (Wildman–Crippen LogP) is 21.3. The Labute approximate surface area is 457 Å². The van der Waals surface area contributed by atoms with E-state index >= 15 is 0 Å². The Morgan fingerprint density at radius 3 is 0.838 bits per heavy atom. The first-order chi connectivity index (χ1) is 36.5. The summed E-state index contributed by atoms with van der Waals surface area (Å²) < 4.78 is 16.7. The van der Waals surface area contributed by atoms with Crippen LogP contribution in [0.1, 0.15) is 297 Å². The molecule has 0 aliphatic carbocycles. The van der Waals surface area contributed by atoms with Gasteiger partial charge in [-0.1, -0.05) is 272 Å². The predicted molar refractivity (Wildman–Crippen MR) is 320 cm³/mol. The van der Waals surface area contributed by atoms with E-state index in [1.165, 1.54) is 128 Å². The average Bonchev–Trinajstić information content (AvgIpc) is 3.40. The lowest BCUT2D eigenvalue weighted by Gasteiger charge is -2.18. The highest BCUT2D eigenvalue weighted by atomic mass is 16.6. The van der Waals surface area contributed by atoms with Gasteiger partial charge in [0.2, 0.25) is 0 Å². The minimum absolute atomic E-state index is 0.0804. The molecule has 0 heterocycles. The van der Waals surface area contributed by atoms with Crippen molar-refractivity contribution < 1.29 is 28.6 Å². The fourth-order valence-electron chi connectivity index (χ4n) is 8.65. The van der Waals surface area contributed by atoms with E-state index in [9.17, 15) is 14.4 Å². The van der Waals surface area contributed by atoms with E-state index in [0.29, 0.717) is 19.3 Å². The molecule has 0 aliphatic rings. The summed E-state index contributed by atoms with van der Waals surface area (Å²) >= 11 is 0. The molecule has 1 unspecified atom stereocenters. The fraction of sp³-hybridized carbons (Fsp3) is 0.721. The van der Waals surface area contributed by atoms with Gasteiger partial charge in [-0.15, -0.1) is 0 Å². The summed E-state index contributed by atoms with van der Waals surface area (Å²) in [5.74, 6) is -0.902. The van der Waals surface area contributed by atoms with Crippen molar-refractivity contribution in [1.82, 2.24) is 0 Å². The van der Waals surface area contributed by atoms with Gasteiger partial charge >= 0.3 is 17.9 Å². The lowest BCUT2D eigenvalue weighted by atomic mass is 10.0. The van der Waals surface area contributed by atoms with E-state index in [2.05, 4.69) is 118 Å². The molecule has 0 aromatic carbocycles. The van der Waals surface area contributed by atoms with Gasteiger partial charge in [-0.05, 0) is 103 Å². The molecule has 0 fully saturated rings. The second-order valence-electron chi connectivity index (χ2n) is 20.6. The molecule has 0 radical (unpaired) electrons. The molecular weight excluding hydrogens is 913 g/mol. The molecule has 0 saturated carbocycles. The van der Waals surface area contributed by atoms with Gasteiger partial charge in [0, 0.05) is 19.3 Å². The molecule has 424 valence electrons. The molecular formula is C68H116O6. The van der Waals surface area contributed by atoms with Crippen molar-refractivity contribution in [1.29, 1.82) is 0 Å². The van der Waals surface area contributed by atoms with E-state index in [-0.39, 0.29) is 31.1 Å².